The topological polar surface area (TPSA) is 35.2 Å². The van der Waals surface area contributed by atoms with Crippen LogP contribution in [0.2, 0.25) is 0 Å². The molecular weight excluding hydrogens is 138 g/mol. The van der Waals surface area contributed by atoms with Gasteiger partial charge in [-0.15, -0.1) is 6.42 Å². The standard InChI is InChI=1S/C9H9NO/c1-3-7-4-5-8(10)9(6-7)11-2/h1,4-6H,10H2,2H3. The molecule has 0 amide bonds. The number of methoxy groups -OCH3 is 1. The first-order valence-corrected chi connectivity index (χ1v) is 3.18. The molecule has 0 atom stereocenters. The number of benzene rings is 1. The summed E-state index contributed by atoms with van der Waals surface area (Å²) in [5, 5.41) is 0. The summed E-state index contributed by atoms with van der Waals surface area (Å²) in [4.78, 5) is 0. The van der Waals surface area contributed by atoms with E-state index in [-0.39, 0.29) is 0 Å². The van der Waals surface area contributed by atoms with Crippen LogP contribution in [-0.4, -0.2) is 7.11 Å². The van der Waals surface area contributed by atoms with Gasteiger partial charge in [-0.1, -0.05) is 5.92 Å². The quantitative estimate of drug-likeness (QED) is 0.479. The number of rotatable bonds is 1. The van der Waals surface area contributed by atoms with Gasteiger partial charge in [0.2, 0.25) is 0 Å². The fourth-order valence-electron chi connectivity index (χ4n) is 0.801. The fourth-order valence-corrected chi connectivity index (χ4v) is 0.801. The molecule has 0 unspecified atom stereocenters. The van der Waals surface area contributed by atoms with Crippen molar-refractivity contribution in [1.29, 1.82) is 0 Å². The maximum Gasteiger partial charge on any atom is 0.142 e. The Kier molecular flexibility index (Phi) is 2.03. The lowest BCUT2D eigenvalue weighted by Crippen LogP contribution is -1.92. The summed E-state index contributed by atoms with van der Waals surface area (Å²) in [7, 11) is 1.56. The molecule has 0 spiro atoms. The summed E-state index contributed by atoms with van der Waals surface area (Å²) >= 11 is 0. The minimum Gasteiger partial charge on any atom is -0.495 e. The monoisotopic (exact) mass is 147 g/mol. The predicted octanol–water partition coefficient (Wildman–Crippen LogP) is 1.26. The number of anilines is 1. The summed E-state index contributed by atoms with van der Waals surface area (Å²) in [6.07, 6.45) is 5.18. The highest BCUT2D eigenvalue weighted by atomic mass is 16.5. The minimum absolute atomic E-state index is 0.603. The van der Waals surface area contributed by atoms with Crippen molar-refractivity contribution < 1.29 is 4.74 Å². The average Bonchev–Trinajstić information content (AvgIpc) is 2.05. The third-order valence-corrected chi connectivity index (χ3v) is 1.40. The molecule has 2 heteroatoms. The lowest BCUT2D eigenvalue weighted by atomic mass is 10.2. The van der Waals surface area contributed by atoms with Crippen LogP contribution in [0.15, 0.2) is 18.2 Å². The Labute approximate surface area is 66.0 Å². The first-order valence-electron chi connectivity index (χ1n) is 3.18. The number of nitrogens with two attached hydrogens (primary N) is 1. The minimum atomic E-state index is 0.603. The maximum absolute atomic E-state index is 5.56. The van der Waals surface area contributed by atoms with Crippen LogP contribution in [0.1, 0.15) is 5.56 Å². The molecule has 0 heterocycles. The Bertz CT molecular complexity index is 299. The molecule has 0 aliphatic rings. The summed E-state index contributed by atoms with van der Waals surface area (Å²) in [5.41, 5.74) is 6.94. The van der Waals surface area contributed by atoms with E-state index in [9.17, 15) is 0 Å². The Hall–Kier alpha value is -1.62. The smallest absolute Gasteiger partial charge is 0.142 e. The maximum atomic E-state index is 5.56. The van der Waals surface area contributed by atoms with Gasteiger partial charge in [-0.05, 0) is 18.2 Å². The van der Waals surface area contributed by atoms with Crippen LogP contribution in [0.3, 0.4) is 0 Å². The van der Waals surface area contributed by atoms with E-state index in [0.29, 0.717) is 11.4 Å². The zero-order chi connectivity index (χ0) is 8.27. The number of hydrogen-bond donors (Lipinski definition) is 1. The lowest BCUT2D eigenvalue weighted by Gasteiger charge is -2.03. The zero-order valence-corrected chi connectivity index (χ0v) is 6.29. The van der Waals surface area contributed by atoms with E-state index < -0.39 is 0 Å². The fraction of sp³-hybridized carbons (Fsp3) is 0.111. The molecule has 1 aromatic rings. The van der Waals surface area contributed by atoms with Gasteiger partial charge in [-0.25, -0.2) is 0 Å². The van der Waals surface area contributed by atoms with E-state index >= 15 is 0 Å². The van der Waals surface area contributed by atoms with Gasteiger partial charge in [0.1, 0.15) is 5.75 Å². The Morgan fingerprint density at radius 3 is 2.82 bits per heavy atom. The molecule has 0 radical (unpaired) electrons. The van der Waals surface area contributed by atoms with E-state index in [4.69, 9.17) is 16.9 Å². The molecule has 0 aromatic heterocycles. The van der Waals surface area contributed by atoms with Crippen molar-refractivity contribution >= 4 is 5.69 Å². The largest absolute Gasteiger partial charge is 0.495 e. The van der Waals surface area contributed by atoms with Crippen molar-refractivity contribution in [2.24, 2.45) is 0 Å². The summed E-state index contributed by atoms with van der Waals surface area (Å²) in [6, 6.07) is 5.24. The third-order valence-electron chi connectivity index (χ3n) is 1.40. The summed E-state index contributed by atoms with van der Waals surface area (Å²) in [5.74, 6) is 3.12. The van der Waals surface area contributed by atoms with Crippen LogP contribution in [0, 0.1) is 12.3 Å². The zero-order valence-electron chi connectivity index (χ0n) is 6.29. The van der Waals surface area contributed by atoms with Crippen molar-refractivity contribution in [2.75, 3.05) is 12.8 Å². The van der Waals surface area contributed by atoms with Gasteiger partial charge in [0.05, 0.1) is 12.8 Å². The van der Waals surface area contributed by atoms with Gasteiger partial charge in [0.15, 0.2) is 0 Å². The number of ether oxygens (including phenoxy) is 1. The van der Waals surface area contributed by atoms with Crippen molar-refractivity contribution in [3.63, 3.8) is 0 Å². The molecule has 2 N–H and O–H groups in total. The van der Waals surface area contributed by atoms with E-state index in [1.54, 1.807) is 25.3 Å². The highest BCUT2D eigenvalue weighted by Gasteiger charge is 1.97. The van der Waals surface area contributed by atoms with Gasteiger partial charge >= 0.3 is 0 Å². The molecule has 0 bridgehead atoms. The Morgan fingerprint density at radius 1 is 1.55 bits per heavy atom. The van der Waals surface area contributed by atoms with Gasteiger partial charge in [-0.3, -0.25) is 0 Å². The third kappa shape index (κ3) is 1.44. The van der Waals surface area contributed by atoms with Crippen LogP contribution in [0.5, 0.6) is 5.75 Å². The second-order valence-corrected chi connectivity index (χ2v) is 2.10. The number of nitrogen functional groups attached to an aromatic ring is 1. The van der Waals surface area contributed by atoms with Crippen molar-refractivity contribution in [3.05, 3.63) is 23.8 Å². The predicted molar refractivity (Wildman–Crippen MR) is 45.3 cm³/mol. The molecule has 1 aromatic carbocycles. The van der Waals surface area contributed by atoms with E-state index in [1.165, 1.54) is 0 Å². The molecule has 1 rings (SSSR count). The van der Waals surface area contributed by atoms with Crippen LogP contribution >= 0.6 is 0 Å². The van der Waals surface area contributed by atoms with Crippen LogP contribution in [0.4, 0.5) is 5.69 Å². The highest BCUT2D eigenvalue weighted by Crippen LogP contribution is 2.21. The van der Waals surface area contributed by atoms with Gasteiger partial charge in [0, 0.05) is 5.56 Å². The molecule has 2 nitrogen and oxygen atoms in total. The first kappa shape index (κ1) is 7.49. The molecular formula is C9H9NO. The van der Waals surface area contributed by atoms with E-state index in [1.807, 2.05) is 0 Å². The molecule has 0 saturated carbocycles. The van der Waals surface area contributed by atoms with Crippen molar-refractivity contribution in [1.82, 2.24) is 0 Å². The molecule has 0 aliphatic heterocycles. The van der Waals surface area contributed by atoms with Gasteiger partial charge in [0.25, 0.3) is 0 Å². The average molecular weight is 147 g/mol. The van der Waals surface area contributed by atoms with E-state index in [2.05, 4.69) is 5.92 Å². The first-order chi connectivity index (χ1) is 5.27. The highest BCUT2D eigenvalue weighted by molar-refractivity contribution is 5.56. The van der Waals surface area contributed by atoms with Gasteiger partial charge in [-0.2, -0.15) is 0 Å². The van der Waals surface area contributed by atoms with E-state index in [0.717, 1.165) is 5.56 Å². The molecule has 0 aliphatic carbocycles. The Balaban J connectivity index is 3.15. The SMILES string of the molecule is C#Cc1ccc(N)c(OC)c1. The second kappa shape index (κ2) is 2.98. The number of hydrogen-bond acceptors (Lipinski definition) is 2. The van der Waals surface area contributed by atoms with Crippen LogP contribution in [0.25, 0.3) is 0 Å². The molecule has 56 valence electrons. The van der Waals surface area contributed by atoms with Gasteiger partial charge < -0.3 is 10.5 Å². The lowest BCUT2D eigenvalue weighted by molar-refractivity contribution is 0.417. The second-order valence-electron chi connectivity index (χ2n) is 2.10. The Morgan fingerprint density at radius 2 is 2.27 bits per heavy atom. The van der Waals surface area contributed by atoms with Crippen molar-refractivity contribution in [3.8, 4) is 18.1 Å². The molecule has 0 saturated heterocycles. The molecule has 0 fully saturated rings. The number of terminal acetylenes is 1. The molecule has 11 heavy (non-hydrogen) atoms. The normalized spacial score (nSPS) is 8.73. The van der Waals surface area contributed by atoms with Crippen LogP contribution < -0.4 is 10.5 Å². The van der Waals surface area contributed by atoms with Crippen LogP contribution in [-0.2, 0) is 0 Å². The summed E-state index contributed by atoms with van der Waals surface area (Å²) in [6.45, 7) is 0. The summed E-state index contributed by atoms with van der Waals surface area (Å²) < 4.78 is 4.97. The van der Waals surface area contributed by atoms with Crippen molar-refractivity contribution in [2.45, 2.75) is 0 Å².